The number of nitrogens with one attached hydrogen (secondary N) is 1. The highest BCUT2D eigenvalue weighted by Crippen LogP contribution is 2.17. The quantitative estimate of drug-likeness (QED) is 0.925. The topological polar surface area (TPSA) is 73.2 Å². The molecule has 106 valence electrons. The van der Waals surface area contributed by atoms with Gasteiger partial charge >= 0.3 is 0 Å². The summed E-state index contributed by atoms with van der Waals surface area (Å²) in [5.74, 6) is -0.752. The zero-order valence-corrected chi connectivity index (χ0v) is 12.4. The summed E-state index contributed by atoms with van der Waals surface area (Å²) in [6.07, 6.45) is 0. The molecule has 0 fully saturated rings. The molecule has 0 atom stereocenters. The van der Waals surface area contributed by atoms with E-state index < -0.39 is 11.3 Å². The fraction of sp³-hybridized carbons (Fsp3) is 0.357. The van der Waals surface area contributed by atoms with Crippen molar-refractivity contribution in [3.05, 3.63) is 29.3 Å². The van der Waals surface area contributed by atoms with Crippen molar-refractivity contribution in [2.45, 2.75) is 13.8 Å². The SMILES string of the molecule is CN(CC(=O)Nc1cccc(Cl)c1)C(=O)C(C)(C)C#N. The number of halogens is 1. The van der Waals surface area contributed by atoms with Crippen LogP contribution in [0.2, 0.25) is 5.02 Å². The molecule has 0 spiro atoms. The molecule has 0 radical (unpaired) electrons. The van der Waals surface area contributed by atoms with Crippen molar-refractivity contribution in [2.75, 3.05) is 18.9 Å². The van der Waals surface area contributed by atoms with Crippen molar-refractivity contribution >= 4 is 29.1 Å². The van der Waals surface area contributed by atoms with Gasteiger partial charge in [0.25, 0.3) is 0 Å². The van der Waals surface area contributed by atoms with Gasteiger partial charge in [-0.2, -0.15) is 5.26 Å². The van der Waals surface area contributed by atoms with Crippen LogP contribution in [0.4, 0.5) is 5.69 Å². The maximum atomic E-state index is 11.9. The molecule has 0 heterocycles. The number of rotatable bonds is 4. The molecule has 0 aliphatic heterocycles. The van der Waals surface area contributed by atoms with Crippen LogP contribution in [-0.2, 0) is 9.59 Å². The van der Waals surface area contributed by atoms with Crippen LogP contribution >= 0.6 is 11.6 Å². The Morgan fingerprint density at radius 3 is 2.65 bits per heavy atom. The third-order valence-electron chi connectivity index (χ3n) is 2.65. The molecule has 0 aromatic heterocycles. The zero-order chi connectivity index (χ0) is 15.3. The van der Waals surface area contributed by atoms with E-state index >= 15 is 0 Å². The number of anilines is 1. The minimum atomic E-state index is -1.15. The normalized spacial score (nSPS) is 10.6. The summed E-state index contributed by atoms with van der Waals surface area (Å²) in [7, 11) is 1.49. The Balaban J connectivity index is 2.63. The van der Waals surface area contributed by atoms with Gasteiger partial charge in [0.1, 0.15) is 5.41 Å². The van der Waals surface area contributed by atoms with E-state index in [2.05, 4.69) is 5.32 Å². The van der Waals surface area contributed by atoms with E-state index in [0.29, 0.717) is 10.7 Å². The fourth-order valence-electron chi connectivity index (χ4n) is 1.58. The van der Waals surface area contributed by atoms with Crippen molar-refractivity contribution < 1.29 is 9.59 Å². The summed E-state index contributed by atoms with van der Waals surface area (Å²) in [6, 6.07) is 8.63. The van der Waals surface area contributed by atoms with Crippen LogP contribution < -0.4 is 5.32 Å². The molecule has 6 heteroatoms. The van der Waals surface area contributed by atoms with Crippen LogP contribution in [0.1, 0.15) is 13.8 Å². The average Bonchev–Trinajstić information content (AvgIpc) is 2.37. The minimum absolute atomic E-state index is 0.129. The summed E-state index contributed by atoms with van der Waals surface area (Å²) in [5.41, 5.74) is -0.589. The first kappa shape index (κ1) is 16.0. The Morgan fingerprint density at radius 1 is 1.45 bits per heavy atom. The molecule has 1 aromatic rings. The first-order valence-electron chi connectivity index (χ1n) is 5.98. The van der Waals surface area contributed by atoms with Crippen LogP contribution in [0.25, 0.3) is 0 Å². The Bertz CT molecular complexity index is 564. The van der Waals surface area contributed by atoms with Gasteiger partial charge in [-0.15, -0.1) is 0 Å². The number of carbonyl (C=O) groups excluding carboxylic acids is 2. The molecule has 20 heavy (non-hydrogen) atoms. The van der Waals surface area contributed by atoms with E-state index in [-0.39, 0.29) is 12.5 Å². The number of carbonyl (C=O) groups is 2. The molecule has 0 saturated carbocycles. The molecule has 0 aliphatic rings. The lowest BCUT2D eigenvalue weighted by Crippen LogP contribution is -2.41. The predicted molar refractivity (Wildman–Crippen MR) is 77.1 cm³/mol. The van der Waals surface area contributed by atoms with Crippen LogP contribution in [0.3, 0.4) is 0 Å². The van der Waals surface area contributed by atoms with Gasteiger partial charge in [0.2, 0.25) is 11.8 Å². The van der Waals surface area contributed by atoms with E-state index in [4.69, 9.17) is 16.9 Å². The first-order valence-corrected chi connectivity index (χ1v) is 6.36. The molecule has 0 saturated heterocycles. The third-order valence-corrected chi connectivity index (χ3v) is 2.89. The Kier molecular flexibility index (Phi) is 5.12. The predicted octanol–water partition coefficient (Wildman–Crippen LogP) is 2.29. The number of nitriles is 1. The first-order chi connectivity index (χ1) is 9.26. The molecular formula is C14H16ClN3O2. The van der Waals surface area contributed by atoms with Crippen LogP contribution in [0.5, 0.6) is 0 Å². The van der Waals surface area contributed by atoms with E-state index in [0.717, 1.165) is 0 Å². The Labute approximate surface area is 123 Å². The van der Waals surface area contributed by atoms with Gasteiger partial charge in [-0.3, -0.25) is 9.59 Å². The van der Waals surface area contributed by atoms with Crippen LogP contribution in [-0.4, -0.2) is 30.3 Å². The lowest BCUT2D eigenvalue weighted by molar-refractivity contribution is -0.138. The van der Waals surface area contributed by atoms with Crippen molar-refractivity contribution in [1.82, 2.24) is 4.90 Å². The maximum Gasteiger partial charge on any atom is 0.243 e. The van der Waals surface area contributed by atoms with Crippen LogP contribution in [0, 0.1) is 16.7 Å². The van der Waals surface area contributed by atoms with Gasteiger partial charge in [-0.25, -0.2) is 0 Å². The lowest BCUT2D eigenvalue weighted by Gasteiger charge is -2.23. The molecular weight excluding hydrogens is 278 g/mol. The van der Waals surface area contributed by atoms with Gasteiger partial charge in [0.05, 0.1) is 12.6 Å². The molecule has 0 aliphatic carbocycles. The number of nitrogens with zero attached hydrogens (tertiary/aromatic N) is 2. The van der Waals surface area contributed by atoms with Crippen molar-refractivity contribution in [2.24, 2.45) is 5.41 Å². The summed E-state index contributed by atoms with van der Waals surface area (Å²) in [4.78, 5) is 25.0. The highest BCUT2D eigenvalue weighted by Gasteiger charge is 2.31. The van der Waals surface area contributed by atoms with E-state index in [1.807, 2.05) is 6.07 Å². The second kappa shape index (κ2) is 6.40. The molecule has 1 rings (SSSR count). The van der Waals surface area contributed by atoms with Gasteiger partial charge < -0.3 is 10.2 Å². The van der Waals surface area contributed by atoms with E-state index in [9.17, 15) is 9.59 Å². The summed E-state index contributed by atoms with van der Waals surface area (Å²) >= 11 is 5.81. The van der Waals surface area contributed by atoms with Crippen LogP contribution in [0.15, 0.2) is 24.3 Å². The monoisotopic (exact) mass is 293 g/mol. The smallest absolute Gasteiger partial charge is 0.243 e. The molecule has 0 bridgehead atoms. The largest absolute Gasteiger partial charge is 0.335 e. The summed E-state index contributed by atoms with van der Waals surface area (Å²) < 4.78 is 0. The van der Waals surface area contributed by atoms with Crippen molar-refractivity contribution in [3.8, 4) is 6.07 Å². The third kappa shape index (κ3) is 4.25. The van der Waals surface area contributed by atoms with Crippen molar-refractivity contribution in [1.29, 1.82) is 5.26 Å². The number of hydrogen-bond acceptors (Lipinski definition) is 3. The lowest BCUT2D eigenvalue weighted by atomic mass is 9.94. The Hall–Kier alpha value is -2.06. The molecule has 2 amide bonds. The van der Waals surface area contributed by atoms with Gasteiger partial charge in [0.15, 0.2) is 0 Å². The highest BCUT2D eigenvalue weighted by molar-refractivity contribution is 6.30. The summed E-state index contributed by atoms with van der Waals surface area (Å²) in [5, 5.41) is 12.1. The van der Waals surface area contributed by atoms with Gasteiger partial charge in [-0.1, -0.05) is 17.7 Å². The van der Waals surface area contributed by atoms with Crippen molar-refractivity contribution in [3.63, 3.8) is 0 Å². The zero-order valence-electron chi connectivity index (χ0n) is 11.6. The average molecular weight is 294 g/mol. The highest BCUT2D eigenvalue weighted by atomic mass is 35.5. The van der Waals surface area contributed by atoms with E-state index in [1.54, 1.807) is 24.3 Å². The minimum Gasteiger partial charge on any atom is -0.335 e. The van der Waals surface area contributed by atoms with Gasteiger partial charge in [0, 0.05) is 17.8 Å². The second-order valence-corrected chi connectivity index (χ2v) is 5.39. The summed E-state index contributed by atoms with van der Waals surface area (Å²) in [6.45, 7) is 2.90. The molecule has 1 aromatic carbocycles. The number of hydrogen-bond donors (Lipinski definition) is 1. The fourth-order valence-corrected chi connectivity index (χ4v) is 1.77. The second-order valence-electron chi connectivity index (χ2n) is 4.96. The molecule has 0 unspecified atom stereocenters. The van der Waals surface area contributed by atoms with E-state index in [1.165, 1.54) is 25.8 Å². The molecule has 1 N–H and O–H groups in total. The molecule has 5 nitrogen and oxygen atoms in total. The number of benzene rings is 1. The maximum absolute atomic E-state index is 11.9. The number of likely N-dealkylation sites (N-methyl/N-ethyl adjacent to an activating group) is 1. The standard InChI is InChI=1S/C14H16ClN3O2/c1-14(2,9-16)13(20)18(3)8-12(19)17-11-6-4-5-10(15)7-11/h4-7H,8H2,1-3H3,(H,17,19). The Morgan fingerprint density at radius 2 is 2.10 bits per heavy atom. The number of amides is 2. The van der Waals surface area contributed by atoms with Gasteiger partial charge in [-0.05, 0) is 32.0 Å².